The monoisotopic (exact) mass is 315 g/mol. The second-order valence-electron chi connectivity index (χ2n) is 2.26. The van der Waals surface area contributed by atoms with Gasteiger partial charge in [-0.3, -0.25) is 0 Å². The van der Waals surface area contributed by atoms with E-state index in [1.807, 2.05) is 0 Å². The van der Waals surface area contributed by atoms with Gasteiger partial charge < -0.3 is 5.11 Å². The molecule has 0 amide bonds. The molecule has 1 N–H and O–H groups in total. The lowest BCUT2D eigenvalue weighted by molar-refractivity contribution is 0.149. The minimum atomic E-state index is -2.60. The second kappa shape index (κ2) is 4.43. The lowest BCUT2D eigenvalue weighted by atomic mass is 10.2. The van der Waals surface area contributed by atoms with Crippen LogP contribution in [0.4, 0.5) is 8.78 Å². The lowest BCUT2D eigenvalue weighted by Crippen LogP contribution is -1.96. The van der Waals surface area contributed by atoms with Crippen LogP contribution in [0.2, 0.25) is 0 Å². The number of hydrogen-bond acceptors (Lipinski definition) is 2. The van der Waals surface area contributed by atoms with Crippen molar-refractivity contribution in [2.24, 2.45) is 0 Å². The Morgan fingerprint density at radius 2 is 2.08 bits per heavy atom. The highest BCUT2D eigenvalue weighted by Crippen LogP contribution is 2.32. The second-order valence-corrected chi connectivity index (χ2v) is 3.80. The van der Waals surface area contributed by atoms with Gasteiger partial charge in [0.2, 0.25) is 0 Å². The van der Waals surface area contributed by atoms with E-state index in [1.54, 1.807) is 0 Å². The summed E-state index contributed by atoms with van der Waals surface area (Å²) >= 11 is 6.03. The molecular formula is C7H5Br2F2NO. The van der Waals surface area contributed by atoms with Crippen molar-refractivity contribution in [3.63, 3.8) is 0 Å². The van der Waals surface area contributed by atoms with E-state index in [9.17, 15) is 8.78 Å². The van der Waals surface area contributed by atoms with Crippen LogP contribution in [0.3, 0.4) is 0 Å². The molecule has 0 bridgehead atoms. The van der Waals surface area contributed by atoms with E-state index in [2.05, 4.69) is 36.8 Å². The Balaban J connectivity index is 3.27. The van der Waals surface area contributed by atoms with Gasteiger partial charge in [0.25, 0.3) is 6.43 Å². The van der Waals surface area contributed by atoms with Gasteiger partial charge in [0, 0.05) is 16.2 Å². The number of aromatic nitrogens is 1. The summed E-state index contributed by atoms with van der Waals surface area (Å²) in [4.78, 5) is 3.68. The first-order valence-corrected chi connectivity index (χ1v) is 4.88. The SMILES string of the molecule is OCc1c(Br)ncc(C(F)F)c1Br. The smallest absolute Gasteiger partial charge is 0.266 e. The molecule has 6 heteroatoms. The van der Waals surface area contributed by atoms with Crippen molar-refractivity contribution in [1.29, 1.82) is 0 Å². The molecule has 0 fully saturated rings. The van der Waals surface area contributed by atoms with Crippen molar-refractivity contribution >= 4 is 31.9 Å². The number of hydrogen-bond donors (Lipinski definition) is 1. The van der Waals surface area contributed by atoms with Crippen LogP contribution in [0.1, 0.15) is 17.6 Å². The van der Waals surface area contributed by atoms with Gasteiger partial charge >= 0.3 is 0 Å². The molecule has 0 saturated carbocycles. The van der Waals surface area contributed by atoms with Gasteiger partial charge in [0.05, 0.1) is 12.2 Å². The van der Waals surface area contributed by atoms with Gasteiger partial charge in [-0.1, -0.05) is 0 Å². The lowest BCUT2D eigenvalue weighted by Gasteiger charge is -2.08. The number of aliphatic hydroxyl groups excluding tert-OH is 1. The molecule has 0 aromatic carbocycles. The van der Waals surface area contributed by atoms with Crippen LogP contribution in [0.15, 0.2) is 15.3 Å². The van der Waals surface area contributed by atoms with Gasteiger partial charge in [-0.05, 0) is 31.9 Å². The molecular weight excluding hydrogens is 312 g/mol. The van der Waals surface area contributed by atoms with Crippen LogP contribution in [-0.2, 0) is 6.61 Å². The van der Waals surface area contributed by atoms with Crippen LogP contribution in [0, 0.1) is 0 Å². The molecule has 0 atom stereocenters. The van der Waals surface area contributed by atoms with Crippen molar-refractivity contribution in [2.75, 3.05) is 0 Å². The summed E-state index contributed by atoms with van der Waals surface area (Å²) in [5.41, 5.74) is 0.116. The summed E-state index contributed by atoms with van der Waals surface area (Å²) in [6.07, 6.45) is -1.53. The normalized spacial score (nSPS) is 10.9. The van der Waals surface area contributed by atoms with Crippen LogP contribution in [-0.4, -0.2) is 10.1 Å². The molecule has 0 saturated heterocycles. The molecule has 1 aromatic heterocycles. The predicted octanol–water partition coefficient (Wildman–Crippen LogP) is 3.04. The highest BCUT2D eigenvalue weighted by molar-refractivity contribution is 9.11. The molecule has 13 heavy (non-hydrogen) atoms. The molecule has 1 heterocycles. The quantitative estimate of drug-likeness (QED) is 0.851. The van der Waals surface area contributed by atoms with Crippen molar-refractivity contribution in [2.45, 2.75) is 13.0 Å². The Bertz CT molecular complexity index is 320. The molecule has 0 spiro atoms. The number of pyridine rings is 1. The molecule has 1 aromatic rings. The summed E-state index contributed by atoms with van der Waals surface area (Å²) in [7, 11) is 0. The van der Waals surface area contributed by atoms with Crippen molar-refractivity contribution < 1.29 is 13.9 Å². The summed E-state index contributed by atoms with van der Waals surface area (Å²) in [5.74, 6) is 0. The zero-order valence-corrected chi connectivity index (χ0v) is 9.44. The van der Waals surface area contributed by atoms with E-state index < -0.39 is 6.43 Å². The van der Waals surface area contributed by atoms with Crippen molar-refractivity contribution in [3.05, 3.63) is 26.4 Å². The Kier molecular flexibility index (Phi) is 3.75. The van der Waals surface area contributed by atoms with Gasteiger partial charge in [0.15, 0.2) is 0 Å². The zero-order valence-electron chi connectivity index (χ0n) is 6.27. The third-order valence-electron chi connectivity index (χ3n) is 1.48. The molecule has 0 radical (unpaired) electrons. The van der Waals surface area contributed by atoms with E-state index in [-0.39, 0.29) is 16.6 Å². The van der Waals surface area contributed by atoms with Gasteiger partial charge in [-0.25, -0.2) is 13.8 Å². The molecule has 0 aliphatic heterocycles. The molecule has 0 unspecified atom stereocenters. The van der Waals surface area contributed by atoms with Crippen LogP contribution in [0.5, 0.6) is 0 Å². The van der Waals surface area contributed by atoms with Crippen molar-refractivity contribution in [1.82, 2.24) is 4.98 Å². The zero-order chi connectivity index (χ0) is 10.0. The maximum Gasteiger partial charge on any atom is 0.266 e. The first-order chi connectivity index (χ1) is 6.07. The standard InChI is InChI=1S/C7H5Br2F2NO/c8-5-3(7(10)11)1-12-6(9)4(5)2-13/h1,7,13H,2H2. The van der Waals surface area contributed by atoms with E-state index >= 15 is 0 Å². The number of alkyl halides is 2. The highest BCUT2D eigenvalue weighted by atomic mass is 79.9. The van der Waals surface area contributed by atoms with Gasteiger partial charge in [-0.15, -0.1) is 0 Å². The van der Waals surface area contributed by atoms with E-state index in [1.165, 1.54) is 0 Å². The first-order valence-electron chi connectivity index (χ1n) is 3.29. The van der Waals surface area contributed by atoms with E-state index in [0.29, 0.717) is 10.2 Å². The minimum absolute atomic E-state index is 0.201. The maximum absolute atomic E-state index is 12.3. The van der Waals surface area contributed by atoms with E-state index in [4.69, 9.17) is 5.11 Å². The third kappa shape index (κ3) is 2.24. The summed E-state index contributed by atoms with van der Waals surface area (Å²) in [6.45, 7) is -0.339. The van der Waals surface area contributed by atoms with Crippen LogP contribution in [0.25, 0.3) is 0 Å². The average Bonchev–Trinajstić information content (AvgIpc) is 2.04. The highest BCUT2D eigenvalue weighted by Gasteiger charge is 2.16. The molecule has 0 aliphatic rings. The van der Waals surface area contributed by atoms with Crippen molar-refractivity contribution in [3.8, 4) is 0 Å². The number of nitrogens with zero attached hydrogens (tertiary/aromatic N) is 1. The van der Waals surface area contributed by atoms with E-state index in [0.717, 1.165) is 6.20 Å². The summed E-state index contributed by atoms with van der Waals surface area (Å²) < 4.78 is 25.2. The molecule has 0 aliphatic carbocycles. The third-order valence-corrected chi connectivity index (χ3v) is 3.10. The largest absolute Gasteiger partial charge is 0.392 e. The number of rotatable bonds is 2. The Morgan fingerprint density at radius 3 is 2.54 bits per heavy atom. The number of aliphatic hydroxyl groups is 1. The minimum Gasteiger partial charge on any atom is -0.392 e. The Labute approximate surface area is 90.2 Å². The molecule has 72 valence electrons. The topological polar surface area (TPSA) is 33.1 Å². The fraction of sp³-hybridized carbons (Fsp3) is 0.286. The molecule has 1 rings (SSSR count). The fourth-order valence-electron chi connectivity index (χ4n) is 0.812. The maximum atomic E-state index is 12.3. The number of halogens is 4. The predicted molar refractivity (Wildman–Crippen MR) is 50.5 cm³/mol. The Hall–Kier alpha value is -0.0700. The summed E-state index contributed by atoms with van der Waals surface area (Å²) in [5, 5.41) is 8.86. The van der Waals surface area contributed by atoms with Crippen LogP contribution >= 0.6 is 31.9 Å². The molecule has 2 nitrogen and oxygen atoms in total. The first kappa shape index (κ1) is 11.0. The summed E-state index contributed by atoms with van der Waals surface area (Å²) in [6, 6.07) is 0. The fourth-order valence-corrected chi connectivity index (χ4v) is 2.09. The van der Waals surface area contributed by atoms with Gasteiger partial charge in [-0.2, -0.15) is 0 Å². The van der Waals surface area contributed by atoms with Gasteiger partial charge in [0.1, 0.15) is 4.60 Å². The average molecular weight is 317 g/mol. The Morgan fingerprint density at radius 1 is 1.46 bits per heavy atom. The van der Waals surface area contributed by atoms with Crippen LogP contribution < -0.4 is 0 Å².